The van der Waals surface area contributed by atoms with Crippen molar-refractivity contribution in [2.45, 2.75) is 82.6 Å². The average Bonchev–Trinajstić information content (AvgIpc) is 2.44. The number of thioether (sulfide) groups is 1. The third kappa shape index (κ3) is 4.64. The summed E-state index contributed by atoms with van der Waals surface area (Å²) in [7, 11) is 0. The van der Waals surface area contributed by atoms with Crippen LogP contribution in [0.3, 0.4) is 0 Å². The maximum Gasteiger partial charge on any atom is 0.0685 e. The molecule has 1 saturated carbocycles. The van der Waals surface area contributed by atoms with Gasteiger partial charge < -0.3 is 10.1 Å². The molecule has 118 valence electrons. The second-order valence-electron chi connectivity index (χ2n) is 6.89. The molecule has 2 rings (SSSR count). The highest BCUT2D eigenvalue weighted by molar-refractivity contribution is 7.99. The minimum Gasteiger partial charge on any atom is -0.375 e. The molecule has 1 aliphatic carbocycles. The van der Waals surface area contributed by atoms with Gasteiger partial charge >= 0.3 is 0 Å². The first-order valence-corrected chi connectivity index (χ1v) is 9.69. The standard InChI is InChI=1S/C17H33NOS/c1-4-18-16(13-20-14(2)3)15-8-11-19-17(12-15)9-6-5-7-10-17/h14-16,18H,4-13H2,1-3H3. The molecule has 0 amide bonds. The molecule has 2 unspecified atom stereocenters. The molecule has 2 aliphatic rings. The number of hydrogen-bond acceptors (Lipinski definition) is 3. The fourth-order valence-corrected chi connectivity index (χ4v) is 4.86. The largest absolute Gasteiger partial charge is 0.375 e. The molecule has 0 bridgehead atoms. The van der Waals surface area contributed by atoms with Crippen molar-refractivity contribution in [1.29, 1.82) is 0 Å². The maximum absolute atomic E-state index is 6.26. The Morgan fingerprint density at radius 2 is 2.00 bits per heavy atom. The molecule has 0 aromatic heterocycles. The van der Waals surface area contributed by atoms with Crippen LogP contribution >= 0.6 is 11.8 Å². The lowest BCUT2D eigenvalue weighted by atomic mass is 9.74. The summed E-state index contributed by atoms with van der Waals surface area (Å²) in [4.78, 5) is 0. The Morgan fingerprint density at radius 3 is 2.65 bits per heavy atom. The van der Waals surface area contributed by atoms with E-state index in [1.54, 1.807) is 0 Å². The average molecular weight is 300 g/mol. The van der Waals surface area contributed by atoms with Crippen LogP contribution in [0.5, 0.6) is 0 Å². The van der Waals surface area contributed by atoms with Crippen molar-refractivity contribution in [2.75, 3.05) is 18.9 Å². The van der Waals surface area contributed by atoms with Gasteiger partial charge in [0.25, 0.3) is 0 Å². The summed E-state index contributed by atoms with van der Waals surface area (Å²) in [6.07, 6.45) is 9.31. The van der Waals surface area contributed by atoms with Gasteiger partial charge in [0.2, 0.25) is 0 Å². The first kappa shape index (κ1) is 16.6. The zero-order chi connectivity index (χ0) is 14.4. The van der Waals surface area contributed by atoms with E-state index in [9.17, 15) is 0 Å². The number of hydrogen-bond donors (Lipinski definition) is 1. The van der Waals surface area contributed by atoms with Crippen LogP contribution in [0.4, 0.5) is 0 Å². The number of nitrogens with one attached hydrogen (secondary N) is 1. The second kappa shape index (κ2) is 8.05. The Labute approximate surface area is 129 Å². The van der Waals surface area contributed by atoms with Gasteiger partial charge in [-0.3, -0.25) is 0 Å². The topological polar surface area (TPSA) is 21.3 Å². The highest BCUT2D eigenvalue weighted by Crippen LogP contribution is 2.42. The molecule has 0 radical (unpaired) electrons. The second-order valence-corrected chi connectivity index (χ2v) is 8.50. The SMILES string of the molecule is CCNC(CSC(C)C)C1CCOC2(CCCCC2)C1. The Balaban J connectivity index is 1.93. The van der Waals surface area contributed by atoms with Crippen LogP contribution in [0.1, 0.15) is 65.7 Å². The molecule has 1 N–H and O–H groups in total. The molecule has 1 spiro atoms. The molecule has 1 aliphatic heterocycles. The minimum atomic E-state index is 0.247. The van der Waals surface area contributed by atoms with Gasteiger partial charge in [-0.15, -0.1) is 0 Å². The predicted octanol–water partition coefficient (Wildman–Crippen LogP) is 4.24. The number of ether oxygens (including phenoxy) is 1. The van der Waals surface area contributed by atoms with E-state index in [2.05, 4.69) is 37.8 Å². The van der Waals surface area contributed by atoms with Crippen LogP contribution in [-0.4, -0.2) is 35.8 Å². The molecule has 0 aromatic carbocycles. The van der Waals surface area contributed by atoms with E-state index in [0.717, 1.165) is 24.3 Å². The van der Waals surface area contributed by atoms with E-state index in [1.807, 2.05) is 0 Å². The van der Waals surface area contributed by atoms with Crippen molar-refractivity contribution >= 4 is 11.8 Å². The van der Waals surface area contributed by atoms with Crippen LogP contribution in [-0.2, 0) is 4.74 Å². The van der Waals surface area contributed by atoms with E-state index in [0.29, 0.717) is 6.04 Å². The maximum atomic E-state index is 6.26. The van der Waals surface area contributed by atoms with Crippen molar-refractivity contribution in [3.05, 3.63) is 0 Å². The van der Waals surface area contributed by atoms with Gasteiger partial charge in [-0.2, -0.15) is 11.8 Å². The molecular weight excluding hydrogens is 266 g/mol. The highest BCUT2D eigenvalue weighted by atomic mass is 32.2. The Bertz CT molecular complexity index is 271. The van der Waals surface area contributed by atoms with Crippen LogP contribution in [0, 0.1) is 5.92 Å². The third-order valence-corrected chi connectivity index (χ3v) is 6.16. The summed E-state index contributed by atoms with van der Waals surface area (Å²) in [5.74, 6) is 2.07. The lowest BCUT2D eigenvalue weighted by Gasteiger charge is -2.45. The fraction of sp³-hybridized carbons (Fsp3) is 1.00. The Morgan fingerprint density at radius 1 is 1.25 bits per heavy atom. The van der Waals surface area contributed by atoms with Gasteiger partial charge in [0.1, 0.15) is 0 Å². The molecule has 20 heavy (non-hydrogen) atoms. The van der Waals surface area contributed by atoms with Crippen LogP contribution in [0.2, 0.25) is 0 Å². The molecule has 0 aromatic rings. The first-order chi connectivity index (χ1) is 9.65. The van der Waals surface area contributed by atoms with Gasteiger partial charge in [-0.1, -0.05) is 40.0 Å². The molecule has 3 heteroatoms. The molecular formula is C17H33NOS. The molecule has 1 heterocycles. The van der Waals surface area contributed by atoms with Gasteiger partial charge in [0.05, 0.1) is 5.60 Å². The number of rotatable bonds is 6. The zero-order valence-electron chi connectivity index (χ0n) is 13.6. The monoisotopic (exact) mass is 299 g/mol. The van der Waals surface area contributed by atoms with Gasteiger partial charge in [-0.25, -0.2) is 0 Å². The van der Waals surface area contributed by atoms with Gasteiger partial charge in [0, 0.05) is 18.4 Å². The summed E-state index contributed by atoms with van der Waals surface area (Å²) >= 11 is 2.10. The zero-order valence-corrected chi connectivity index (χ0v) is 14.4. The van der Waals surface area contributed by atoms with Crippen LogP contribution in [0.25, 0.3) is 0 Å². The van der Waals surface area contributed by atoms with Crippen molar-refractivity contribution in [2.24, 2.45) is 5.92 Å². The van der Waals surface area contributed by atoms with Crippen LogP contribution < -0.4 is 5.32 Å². The molecule has 2 fully saturated rings. The van der Waals surface area contributed by atoms with E-state index >= 15 is 0 Å². The lowest BCUT2D eigenvalue weighted by Crippen LogP contribution is -2.48. The van der Waals surface area contributed by atoms with E-state index in [-0.39, 0.29) is 5.60 Å². The summed E-state index contributed by atoms with van der Waals surface area (Å²) in [6.45, 7) is 8.93. The molecule has 2 nitrogen and oxygen atoms in total. The lowest BCUT2D eigenvalue weighted by molar-refractivity contribution is -0.120. The normalized spacial score (nSPS) is 27.9. The summed E-state index contributed by atoms with van der Waals surface area (Å²) in [5.41, 5.74) is 0.247. The van der Waals surface area contributed by atoms with Crippen molar-refractivity contribution in [3.8, 4) is 0 Å². The molecule has 2 atom stereocenters. The minimum absolute atomic E-state index is 0.247. The Kier molecular flexibility index (Phi) is 6.70. The van der Waals surface area contributed by atoms with E-state index in [1.165, 1.54) is 50.7 Å². The van der Waals surface area contributed by atoms with Crippen molar-refractivity contribution < 1.29 is 4.74 Å². The van der Waals surface area contributed by atoms with Crippen molar-refractivity contribution in [3.63, 3.8) is 0 Å². The van der Waals surface area contributed by atoms with Gasteiger partial charge in [0.15, 0.2) is 0 Å². The van der Waals surface area contributed by atoms with Gasteiger partial charge in [-0.05, 0) is 43.4 Å². The first-order valence-electron chi connectivity index (χ1n) is 8.64. The van der Waals surface area contributed by atoms with E-state index in [4.69, 9.17) is 4.74 Å². The summed E-state index contributed by atoms with van der Waals surface area (Å²) in [6, 6.07) is 0.676. The Hall–Kier alpha value is 0.270. The smallest absolute Gasteiger partial charge is 0.0685 e. The fourth-order valence-electron chi connectivity index (χ4n) is 3.87. The summed E-state index contributed by atoms with van der Waals surface area (Å²) < 4.78 is 6.26. The molecule has 1 saturated heterocycles. The third-order valence-electron chi connectivity index (χ3n) is 4.94. The van der Waals surface area contributed by atoms with E-state index < -0.39 is 0 Å². The quantitative estimate of drug-likeness (QED) is 0.793. The van der Waals surface area contributed by atoms with Crippen LogP contribution in [0.15, 0.2) is 0 Å². The predicted molar refractivity (Wildman–Crippen MR) is 89.6 cm³/mol. The highest BCUT2D eigenvalue weighted by Gasteiger charge is 2.40. The summed E-state index contributed by atoms with van der Waals surface area (Å²) in [5, 5.41) is 4.49. The van der Waals surface area contributed by atoms with Crippen molar-refractivity contribution in [1.82, 2.24) is 5.32 Å².